The van der Waals surface area contributed by atoms with Crippen LogP contribution in [-0.2, 0) is 0 Å². The Bertz CT molecular complexity index is 2060. The van der Waals surface area contributed by atoms with Crippen LogP contribution in [0.2, 0.25) is 0 Å². The van der Waals surface area contributed by atoms with Crippen LogP contribution in [0.5, 0.6) is 34.5 Å². The van der Waals surface area contributed by atoms with Crippen molar-refractivity contribution in [1.29, 1.82) is 0 Å². The molecule has 4 N–H and O–H groups in total. The Morgan fingerprint density at radius 2 is 1.05 bits per heavy atom. The lowest BCUT2D eigenvalue weighted by molar-refractivity contribution is 0.103. The average Bonchev–Trinajstić information content (AvgIpc) is 3.92. The van der Waals surface area contributed by atoms with E-state index in [2.05, 4.69) is 23.6 Å². The molecular formula is C43H52N4O8. The van der Waals surface area contributed by atoms with Crippen LogP contribution in [0.3, 0.4) is 0 Å². The molecule has 3 aliphatic rings. The van der Waals surface area contributed by atoms with E-state index in [0.29, 0.717) is 92.5 Å². The maximum absolute atomic E-state index is 13.0. The highest BCUT2D eigenvalue weighted by molar-refractivity contribution is 6.27. The SMILES string of the molecule is CCN(CC)CCCOc1cccc2c1-c1c(OC)cc(OC)c(N)c1C2=O.COc1cc(OC)c2c(c1N)C(=O)c1cccc(OCCN3CCCC3)c1-2. The molecule has 4 aromatic rings. The largest absolute Gasteiger partial charge is 0.496 e. The molecule has 0 spiro atoms. The summed E-state index contributed by atoms with van der Waals surface area (Å²) in [5.74, 6) is 3.06. The van der Waals surface area contributed by atoms with Crippen molar-refractivity contribution < 1.29 is 38.0 Å². The quantitative estimate of drug-likeness (QED) is 0.0863. The van der Waals surface area contributed by atoms with Crippen molar-refractivity contribution in [3.63, 3.8) is 0 Å². The predicted octanol–water partition coefficient (Wildman–Crippen LogP) is 6.58. The fourth-order valence-electron chi connectivity index (χ4n) is 7.70. The molecule has 12 nitrogen and oxygen atoms in total. The Hall–Kier alpha value is -5.46. The first-order valence-electron chi connectivity index (χ1n) is 18.9. The normalized spacial score (nSPS) is 13.8. The Morgan fingerprint density at radius 3 is 1.49 bits per heavy atom. The summed E-state index contributed by atoms with van der Waals surface area (Å²) in [6, 6.07) is 14.5. The highest BCUT2D eigenvalue weighted by Crippen LogP contribution is 2.53. The van der Waals surface area contributed by atoms with Crippen LogP contribution in [0.1, 0.15) is 65.0 Å². The number of rotatable bonds is 15. The molecular weight excluding hydrogens is 700 g/mol. The Balaban J connectivity index is 0.000000187. The lowest BCUT2D eigenvalue weighted by atomic mass is 10.0. The third kappa shape index (κ3) is 7.48. The number of hydrogen-bond acceptors (Lipinski definition) is 12. The van der Waals surface area contributed by atoms with Crippen molar-refractivity contribution in [3.05, 3.63) is 70.8 Å². The van der Waals surface area contributed by atoms with Gasteiger partial charge in [0.25, 0.3) is 0 Å². The minimum Gasteiger partial charge on any atom is -0.496 e. The maximum Gasteiger partial charge on any atom is 0.196 e. The average molecular weight is 753 g/mol. The van der Waals surface area contributed by atoms with Gasteiger partial charge in [-0.3, -0.25) is 14.5 Å². The van der Waals surface area contributed by atoms with E-state index in [1.165, 1.54) is 27.1 Å². The molecule has 0 bridgehead atoms. The van der Waals surface area contributed by atoms with Crippen LogP contribution < -0.4 is 39.9 Å². The molecule has 1 heterocycles. The molecule has 2 aliphatic carbocycles. The molecule has 55 heavy (non-hydrogen) atoms. The Morgan fingerprint density at radius 1 is 0.600 bits per heavy atom. The number of carbonyl (C=O) groups is 2. The summed E-state index contributed by atoms with van der Waals surface area (Å²) in [7, 11) is 6.19. The van der Waals surface area contributed by atoms with Gasteiger partial charge in [-0.05, 0) is 57.6 Å². The zero-order chi connectivity index (χ0) is 39.2. The first-order valence-corrected chi connectivity index (χ1v) is 18.9. The molecule has 0 atom stereocenters. The number of carbonyl (C=O) groups excluding carboxylic acids is 2. The number of likely N-dealkylation sites (tertiary alicyclic amines) is 1. The van der Waals surface area contributed by atoms with Gasteiger partial charge in [-0.15, -0.1) is 0 Å². The summed E-state index contributed by atoms with van der Waals surface area (Å²) in [6.07, 6.45) is 3.41. The number of anilines is 2. The Labute approximate surface area is 323 Å². The Kier molecular flexibility index (Phi) is 12.4. The number of nitrogens with two attached hydrogens (primary N) is 2. The van der Waals surface area contributed by atoms with Crippen LogP contribution in [0, 0.1) is 0 Å². The van der Waals surface area contributed by atoms with E-state index >= 15 is 0 Å². The van der Waals surface area contributed by atoms with E-state index < -0.39 is 0 Å². The number of methoxy groups -OCH3 is 4. The number of fused-ring (bicyclic) bond motifs is 6. The van der Waals surface area contributed by atoms with E-state index in [-0.39, 0.29) is 11.6 Å². The molecule has 0 amide bonds. The van der Waals surface area contributed by atoms with E-state index in [0.717, 1.165) is 56.8 Å². The van der Waals surface area contributed by atoms with Crippen molar-refractivity contribution in [1.82, 2.24) is 9.80 Å². The van der Waals surface area contributed by atoms with Gasteiger partial charge in [-0.2, -0.15) is 0 Å². The second-order valence-electron chi connectivity index (χ2n) is 13.5. The monoisotopic (exact) mass is 752 g/mol. The van der Waals surface area contributed by atoms with Crippen LogP contribution in [0.15, 0.2) is 48.5 Å². The van der Waals surface area contributed by atoms with Gasteiger partial charge in [-0.25, -0.2) is 0 Å². The molecule has 1 fully saturated rings. The van der Waals surface area contributed by atoms with Gasteiger partial charge in [0.2, 0.25) is 0 Å². The van der Waals surface area contributed by atoms with Gasteiger partial charge in [0, 0.05) is 58.6 Å². The highest BCUT2D eigenvalue weighted by atomic mass is 16.5. The van der Waals surface area contributed by atoms with Gasteiger partial charge in [0.1, 0.15) is 41.1 Å². The molecule has 0 unspecified atom stereocenters. The zero-order valence-electron chi connectivity index (χ0n) is 32.7. The van der Waals surface area contributed by atoms with E-state index in [1.54, 1.807) is 38.5 Å². The lowest BCUT2D eigenvalue weighted by Crippen LogP contribution is -2.25. The summed E-state index contributed by atoms with van der Waals surface area (Å²) in [4.78, 5) is 30.8. The van der Waals surface area contributed by atoms with Crippen molar-refractivity contribution >= 4 is 22.9 Å². The van der Waals surface area contributed by atoms with Gasteiger partial charge in [0.15, 0.2) is 11.6 Å². The van der Waals surface area contributed by atoms with Gasteiger partial charge in [0.05, 0.1) is 57.5 Å². The zero-order valence-corrected chi connectivity index (χ0v) is 32.7. The van der Waals surface area contributed by atoms with Crippen molar-refractivity contribution in [2.24, 2.45) is 0 Å². The second-order valence-corrected chi connectivity index (χ2v) is 13.5. The second kappa shape index (κ2) is 17.3. The molecule has 0 aromatic heterocycles. The molecule has 0 radical (unpaired) electrons. The predicted molar refractivity (Wildman–Crippen MR) is 215 cm³/mol. The standard InChI is InChI=1S/C22H28N2O4.C21H24N2O4/c1-5-24(6-2)11-8-12-28-15-10-7-9-14-18(15)19-16(26-3)13-17(27-4)21(23)20(19)22(14)25;1-25-15-12-16(26-2)20(22)19-18(15)17-13(21(19)24)6-5-7-14(17)27-11-10-23-8-3-4-9-23/h7,9-10,13H,5-6,8,11-12,23H2,1-4H3;5-7,12H,3-4,8-11,22H2,1-2H3. The van der Waals surface area contributed by atoms with Crippen LogP contribution in [0.4, 0.5) is 11.4 Å². The van der Waals surface area contributed by atoms with Crippen LogP contribution in [0.25, 0.3) is 22.3 Å². The third-order valence-electron chi connectivity index (χ3n) is 10.6. The van der Waals surface area contributed by atoms with E-state index in [1.807, 2.05) is 24.3 Å². The highest BCUT2D eigenvalue weighted by Gasteiger charge is 2.37. The molecule has 0 saturated carbocycles. The number of benzene rings is 4. The van der Waals surface area contributed by atoms with Crippen molar-refractivity contribution in [3.8, 4) is 56.8 Å². The van der Waals surface area contributed by atoms with Gasteiger partial charge >= 0.3 is 0 Å². The molecule has 1 saturated heterocycles. The summed E-state index contributed by atoms with van der Waals surface area (Å²) in [6.45, 7) is 11.6. The summed E-state index contributed by atoms with van der Waals surface area (Å²) < 4.78 is 33.9. The molecule has 1 aliphatic heterocycles. The number of hydrogen-bond donors (Lipinski definition) is 2. The number of nitrogen functional groups attached to an aromatic ring is 2. The molecule has 4 aromatic carbocycles. The summed E-state index contributed by atoms with van der Waals surface area (Å²) in [5, 5.41) is 0. The minimum atomic E-state index is -0.131. The topological polar surface area (TPSA) is 148 Å². The van der Waals surface area contributed by atoms with Gasteiger partial charge in [-0.1, -0.05) is 38.1 Å². The fraction of sp³-hybridized carbons (Fsp3) is 0.395. The van der Waals surface area contributed by atoms with Crippen LogP contribution >= 0.6 is 0 Å². The van der Waals surface area contributed by atoms with Crippen molar-refractivity contribution in [2.75, 3.05) is 92.4 Å². The lowest BCUT2D eigenvalue weighted by Gasteiger charge is -2.18. The van der Waals surface area contributed by atoms with Crippen molar-refractivity contribution in [2.45, 2.75) is 33.1 Å². The van der Waals surface area contributed by atoms with Crippen LogP contribution in [-0.4, -0.2) is 102 Å². The third-order valence-corrected chi connectivity index (χ3v) is 10.6. The number of ether oxygens (including phenoxy) is 6. The van der Waals surface area contributed by atoms with E-state index in [4.69, 9.17) is 39.9 Å². The fourth-order valence-corrected chi connectivity index (χ4v) is 7.70. The maximum atomic E-state index is 13.0. The van der Waals surface area contributed by atoms with E-state index in [9.17, 15) is 9.59 Å². The van der Waals surface area contributed by atoms with Gasteiger partial charge < -0.3 is 44.8 Å². The molecule has 12 heteroatoms. The number of nitrogens with zero attached hydrogens (tertiary/aromatic N) is 2. The number of ketones is 2. The molecule has 7 rings (SSSR count). The summed E-state index contributed by atoms with van der Waals surface area (Å²) in [5.41, 5.74) is 18.0. The molecule has 292 valence electrons. The smallest absolute Gasteiger partial charge is 0.196 e. The summed E-state index contributed by atoms with van der Waals surface area (Å²) >= 11 is 0. The minimum absolute atomic E-state index is 0.125. The first kappa shape index (κ1) is 39.2. The first-order chi connectivity index (χ1) is 26.7.